The first-order chi connectivity index (χ1) is 8.93. The lowest BCUT2D eigenvalue weighted by Gasteiger charge is -2.07. The summed E-state index contributed by atoms with van der Waals surface area (Å²) in [6, 6.07) is 5.72. The number of anilines is 1. The van der Waals surface area contributed by atoms with E-state index in [1.165, 1.54) is 24.3 Å². The van der Waals surface area contributed by atoms with E-state index in [1.54, 1.807) is 0 Å². The van der Waals surface area contributed by atoms with Gasteiger partial charge in [-0.15, -0.1) is 0 Å². The van der Waals surface area contributed by atoms with Crippen LogP contribution in [0.3, 0.4) is 0 Å². The van der Waals surface area contributed by atoms with Crippen molar-refractivity contribution in [1.29, 1.82) is 0 Å². The number of hydrogen-bond donors (Lipinski definition) is 3. The Labute approximate surface area is 113 Å². The summed E-state index contributed by atoms with van der Waals surface area (Å²) < 4.78 is 22.1. The Morgan fingerprint density at radius 2 is 1.89 bits per heavy atom. The summed E-state index contributed by atoms with van der Waals surface area (Å²) in [5, 5.41) is 10.7. The second-order valence-electron chi connectivity index (χ2n) is 4.15. The van der Waals surface area contributed by atoms with E-state index in [0.29, 0.717) is 5.69 Å². The molecule has 0 unspecified atom stereocenters. The van der Waals surface area contributed by atoms with Gasteiger partial charge in [-0.3, -0.25) is 4.79 Å². The minimum Gasteiger partial charge on any atom is -0.325 e. The number of benzene rings is 1. The molecule has 19 heavy (non-hydrogen) atoms. The third kappa shape index (κ3) is 5.82. The highest BCUT2D eigenvalue weighted by molar-refractivity contribution is 7.89. The normalized spacial score (nSPS) is 11.3. The summed E-state index contributed by atoms with van der Waals surface area (Å²) in [7, 11) is -3.69. The number of amides is 1. The Bertz CT molecular complexity index is 512. The summed E-state index contributed by atoms with van der Waals surface area (Å²) in [5.41, 5.74) is 0.537. The lowest BCUT2D eigenvalue weighted by molar-refractivity contribution is -0.115. The molecule has 0 saturated carbocycles. The van der Waals surface area contributed by atoms with Crippen molar-refractivity contribution in [2.45, 2.75) is 24.7 Å². The van der Waals surface area contributed by atoms with Crippen molar-refractivity contribution in [1.82, 2.24) is 5.32 Å². The van der Waals surface area contributed by atoms with Crippen LogP contribution in [0.4, 0.5) is 5.69 Å². The van der Waals surface area contributed by atoms with Crippen LogP contribution in [-0.4, -0.2) is 27.4 Å². The molecular formula is C12H19N3O3S. The van der Waals surface area contributed by atoms with E-state index >= 15 is 0 Å². The summed E-state index contributed by atoms with van der Waals surface area (Å²) in [6.07, 6.45) is 2.10. The molecule has 0 aliphatic carbocycles. The second-order valence-corrected chi connectivity index (χ2v) is 5.71. The fourth-order valence-electron chi connectivity index (χ4n) is 1.44. The fourth-order valence-corrected chi connectivity index (χ4v) is 1.95. The van der Waals surface area contributed by atoms with Gasteiger partial charge in [-0.05, 0) is 37.2 Å². The van der Waals surface area contributed by atoms with E-state index < -0.39 is 10.0 Å². The van der Waals surface area contributed by atoms with E-state index in [9.17, 15) is 13.2 Å². The van der Waals surface area contributed by atoms with Crippen molar-refractivity contribution in [3.8, 4) is 0 Å². The molecule has 0 saturated heterocycles. The average molecular weight is 285 g/mol. The van der Waals surface area contributed by atoms with Gasteiger partial charge in [0.1, 0.15) is 0 Å². The van der Waals surface area contributed by atoms with Gasteiger partial charge in [-0.25, -0.2) is 13.6 Å². The molecule has 0 spiro atoms. The van der Waals surface area contributed by atoms with Crippen LogP contribution in [0.15, 0.2) is 29.2 Å². The first kappa shape index (κ1) is 15.6. The smallest absolute Gasteiger partial charge is 0.238 e. The molecule has 4 N–H and O–H groups in total. The predicted molar refractivity (Wildman–Crippen MR) is 74.2 cm³/mol. The minimum absolute atomic E-state index is 0.0200. The van der Waals surface area contributed by atoms with Crippen molar-refractivity contribution < 1.29 is 13.2 Å². The predicted octanol–water partition coefficient (Wildman–Crippen LogP) is 0.662. The molecule has 0 atom stereocenters. The quantitative estimate of drug-likeness (QED) is 0.641. The van der Waals surface area contributed by atoms with E-state index in [-0.39, 0.29) is 17.3 Å². The molecule has 6 nitrogen and oxygen atoms in total. The molecule has 0 fully saturated rings. The van der Waals surface area contributed by atoms with Crippen molar-refractivity contribution in [2.24, 2.45) is 5.14 Å². The Hall–Kier alpha value is -1.44. The molecule has 0 radical (unpaired) electrons. The molecule has 106 valence electrons. The zero-order chi connectivity index (χ0) is 14.3. The zero-order valence-electron chi connectivity index (χ0n) is 10.8. The van der Waals surface area contributed by atoms with Crippen LogP contribution in [0.2, 0.25) is 0 Å². The molecule has 1 aromatic rings. The van der Waals surface area contributed by atoms with Gasteiger partial charge in [0.2, 0.25) is 15.9 Å². The Morgan fingerprint density at radius 1 is 1.26 bits per heavy atom. The van der Waals surface area contributed by atoms with Gasteiger partial charge in [0.05, 0.1) is 11.4 Å². The Kier molecular flexibility index (Phi) is 5.94. The standard InChI is InChI=1S/C12H19N3O3S/c1-2-3-8-14-9-12(16)15-10-4-6-11(7-5-10)19(13,17)18/h4-7,14H,2-3,8-9H2,1H3,(H,15,16)(H2,13,17,18). The number of hydrogen-bond acceptors (Lipinski definition) is 4. The lowest BCUT2D eigenvalue weighted by atomic mass is 10.3. The molecule has 0 aromatic heterocycles. The topological polar surface area (TPSA) is 101 Å². The summed E-state index contributed by atoms with van der Waals surface area (Å²) in [6.45, 7) is 3.11. The maximum Gasteiger partial charge on any atom is 0.238 e. The van der Waals surface area contributed by atoms with Crippen LogP contribution < -0.4 is 15.8 Å². The number of nitrogens with one attached hydrogen (secondary N) is 2. The molecule has 0 aliphatic heterocycles. The van der Waals surface area contributed by atoms with E-state index in [0.717, 1.165) is 19.4 Å². The Morgan fingerprint density at radius 3 is 2.42 bits per heavy atom. The summed E-state index contributed by atoms with van der Waals surface area (Å²) in [4.78, 5) is 11.6. The van der Waals surface area contributed by atoms with Crippen molar-refractivity contribution in [3.05, 3.63) is 24.3 Å². The van der Waals surface area contributed by atoms with Crippen molar-refractivity contribution >= 4 is 21.6 Å². The first-order valence-electron chi connectivity index (χ1n) is 6.07. The summed E-state index contributed by atoms with van der Waals surface area (Å²) >= 11 is 0. The maximum absolute atomic E-state index is 11.5. The number of carbonyl (C=O) groups is 1. The zero-order valence-corrected chi connectivity index (χ0v) is 11.7. The van der Waals surface area contributed by atoms with Gasteiger partial charge in [0.25, 0.3) is 0 Å². The van der Waals surface area contributed by atoms with E-state index in [4.69, 9.17) is 5.14 Å². The van der Waals surface area contributed by atoms with Gasteiger partial charge in [-0.1, -0.05) is 13.3 Å². The van der Waals surface area contributed by atoms with Crippen LogP contribution in [0.25, 0.3) is 0 Å². The SMILES string of the molecule is CCCCNCC(=O)Nc1ccc(S(N)(=O)=O)cc1. The van der Waals surface area contributed by atoms with Gasteiger partial charge in [0, 0.05) is 5.69 Å². The molecule has 7 heteroatoms. The van der Waals surface area contributed by atoms with Crippen molar-refractivity contribution in [3.63, 3.8) is 0 Å². The summed E-state index contributed by atoms with van der Waals surface area (Å²) in [5.74, 6) is -0.167. The lowest BCUT2D eigenvalue weighted by Crippen LogP contribution is -2.28. The van der Waals surface area contributed by atoms with Crippen LogP contribution in [-0.2, 0) is 14.8 Å². The van der Waals surface area contributed by atoms with Gasteiger partial charge >= 0.3 is 0 Å². The highest BCUT2D eigenvalue weighted by Crippen LogP contribution is 2.12. The van der Waals surface area contributed by atoms with Gasteiger partial charge in [0.15, 0.2) is 0 Å². The molecule has 0 aliphatic rings. The van der Waals surface area contributed by atoms with Crippen LogP contribution in [0.1, 0.15) is 19.8 Å². The highest BCUT2D eigenvalue weighted by atomic mass is 32.2. The Balaban J connectivity index is 2.47. The number of primary sulfonamides is 1. The van der Waals surface area contributed by atoms with Crippen LogP contribution in [0.5, 0.6) is 0 Å². The maximum atomic E-state index is 11.5. The second kappa shape index (κ2) is 7.22. The van der Waals surface area contributed by atoms with Crippen LogP contribution >= 0.6 is 0 Å². The van der Waals surface area contributed by atoms with Crippen LogP contribution in [0, 0.1) is 0 Å². The highest BCUT2D eigenvalue weighted by Gasteiger charge is 2.07. The fraction of sp³-hybridized carbons (Fsp3) is 0.417. The molecule has 1 aromatic carbocycles. The van der Waals surface area contributed by atoms with Crippen molar-refractivity contribution in [2.75, 3.05) is 18.4 Å². The molecule has 1 amide bonds. The first-order valence-corrected chi connectivity index (χ1v) is 7.61. The molecule has 0 bridgehead atoms. The average Bonchev–Trinajstić information content (AvgIpc) is 2.34. The minimum atomic E-state index is -3.69. The number of unbranched alkanes of at least 4 members (excludes halogenated alkanes) is 1. The molecular weight excluding hydrogens is 266 g/mol. The molecule has 1 rings (SSSR count). The third-order valence-electron chi connectivity index (χ3n) is 2.46. The number of nitrogens with two attached hydrogens (primary N) is 1. The monoisotopic (exact) mass is 285 g/mol. The van der Waals surface area contributed by atoms with E-state index in [1.807, 2.05) is 0 Å². The van der Waals surface area contributed by atoms with E-state index in [2.05, 4.69) is 17.6 Å². The van der Waals surface area contributed by atoms with Gasteiger partial charge < -0.3 is 10.6 Å². The third-order valence-corrected chi connectivity index (χ3v) is 3.39. The number of carbonyl (C=O) groups excluding carboxylic acids is 1. The molecule has 0 heterocycles. The number of sulfonamides is 1. The number of rotatable bonds is 7. The largest absolute Gasteiger partial charge is 0.325 e. The van der Waals surface area contributed by atoms with Gasteiger partial charge in [-0.2, -0.15) is 0 Å².